The molecule has 1 heterocycles. The van der Waals surface area contributed by atoms with E-state index in [1.165, 1.54) is 26.2 Å². The smallest absolute Gasteiger partial charge is 0.161 e. The van der Waals surface area contributed by atoms with E-state index in [0.29, 0.717) is 11.3 Å². The van der Waals surface area contributed by atoms with Crippen molar-refractivity contribution in [3.05, 3.63) is 23.8 Å². The number of anilines is 2. The van der Waals surface area contributed by atoms with E-state index in [1.807, 2.05) is 12.1 Å². The molecule has 1 saturated heterocycles. The lowest BCUT2D eigenvalue weighted by molar-refractivity contribution is 0.101. The van der Waals surface area contributed by atoms with Gasteiger partial charge in [-0.25, -0.2) is 5.01 Å². The number of nitrogens with two attached hydrogens (primary N) is 1. The average molecular weight is 233 g/mol. The summed E-state index contributed by atoms with van der Waals surface area (Å²) < 4.78 is 0. The Hall–Kier alpha value is -1.55. The molecule has 0 amide bonds. The van der Waals surface area contributed by atoms with Gasteiger partial charge >= 0.3 is 0 Å². The molecule has 0 aliphatic carbocycles. The van der Waals surface area contributed by atoms with Crippen LogP contribution >= 0.6 is 0 Å². The summed E-state index contributed by atoms with van der Waals surface area (Å²) in [6.45, 7) is 3.65. The van der Waals surface area contributed by atoms with Gasteiger partial charge in [-0.3, -0.25) is 4.79 Å². The lowest BCUT2D eigenvalue weighted by atomic mass is 10.1. The number of benzene rings is 1. The number of hydrogen-bond acceptors (Lipinski definition) is 4. The zero-order chi connectivity index (χ0) is 12.3. The summed E-state index contributed by atoms with van der Waals surface area (Å²) in [7, 11) is 0. The van der Waals surface area contributed by atoms with E-state index >= 15 is 0 Å². The molecule has 4 heteroatoms. The molecule has 17 heavy (non-hydrogen) atoms. The van der Waals surface area contributed by atoms with Crippen LogP contribution in [0.3, 0.4) is 0 Å². The zero-order valence-corrected chi connectivity index (χ0v) is 10.2. The fraction of sp³-hybridized carbons (Fsp3) is 0.462. The molecule has 0 spiro atoms. The number of rotatable bonds is 3. The Morgan fingerprint density at radius 2 is 2.00 bits per heavy atom. The standard InChI is InChI=1S/C13H19N3O/c1-10(17)12-9-11(5-6-13(12)14)15-16-7-3-2-4-8-16/h5-6,9,15H,2-4,7-8,14H2,1H3. The summed E-state index contributed by atoms with van der Waals surface area (Å²) in [4.78, 5) is 11.4. The Labute approximate surface area is 102 Å². The van der Waals surface area contributed by atoms with Gasteiger partial charge in [0.25, 0.3) is 0 Å². The third-order valence-electron chi connectivity index (χ3n) is 3.08. The van der Waals surface area contributed by atoms with Crippen molar-refractivity contribution in [2.45, 2.75) is 26.2 Å². The highest BCUT2D eigenvalue weighted by atomic mass is 16.1. The predicted octanol–water partition coefficient (Wildman–Crippen LogP) is 2.28. The Bertz CT molecular complexity index is 411. The maximum atomic E-state index is 11.4. The topological polar surface area (TPSA) is 58.4 Å². The maximum absolute atomic E-state index is 11.4. The first kappa shape index (κ1) is 11.9. The number of ketones is 1. The van der Waals surface area contributed by atoms with Crippen LogP contribution in [0.4, 0.5) is 11.4 Å². The van der Waals surface area contributed by atoms with Gasteiger partial charge in [-0.15, -0.1) is 0 Å². The van der Waals surface area contributed by atoms with Gasteiger partial charge in [0, 0.05) is 30.0 Å². The lowest BCUT2D eigenvalue weighted by Crippen LogP contribution is -2.34. The second-order valence-corrected chi connectivity index (χ2v) is 4.52. The SMILES string of the molecule is CC(=O)c1cc(NN2CCCCC2)ccc1N. The Balaban J connectivity index is 2.10. The molecule has 0 unspecified atom stereocenters. The quantitative estimate of drug-likeness (QED) is 0.621. The van der Waals surface area contributed by atoms with Crippen LogP contribution in [0.2, 0.25) is 0 Å². The number of Topliss-reactive ketones (excluding diaryl/α,β-unsaturated/α-hetero) is 1. The summed E-state index contributed by atoms with van der Waals surface area (Å²) in [5.74, 6) is 0.00444. The molecule has 1 aliphatic rings. The molecule has 0 aromatic heterocycles. The number of carbonyl (C=O) groups excluding carboxylic acids is 1. The Morgan fingerprint density at radius 1 is 1.29 bits per heavy atom. The van der Waals surface area contributed by atoms with Gasteiger partial charge in [-0.05, 0) is 38.0 Å². The molecule has 1 aromatic carbocycles. The van der Waals surface area contributed by atoms with Crippen LogP contribution < -0.4 is 11.2 Å². The molecule has 1 aromatic rings. The van der Waals surface area contributed by atoms with E-state index in [0.717, 1.165) is 18.8 Å². The summed E-state index contributed by atoms with van der Waals surface area (Å²) in [5.41, 5.74) is 11.2. The first-order chi connectivity index (χ1) is 8.16. The fourth-order valence-electron chi connectivity index (χ4n) is 2.12. The number of piperidine rings is 1. The van der Waals surface area contributed by atoms with Crippen molar-refractivity contribution in [2.24, 2.45) is 0 Å². The Morgan fingerprint density at radius 3 is 2.65 bits per heavy atom. The molecule has 1 fully saturated rings. The van der Waals surface area contributed by atoms with Gasteiger partial charge in [0.05, 0.1) is 0 Å². The third kappa shape index (κ3) is 2.97. The highest BCUT2D eigenvalue weighted by Gasteiger charge is 2.11. The second-order valence-electron chi connectivity index (χ2n) is 4.52. The molecule has 0 atom stereocenters. The molecular formula is C13H19N3O. The van der Waals surface area contributed by atoms with Crippen molar-refractivity contribution in [3.63, 3.8) is 0 Å². The number of hydrazine groups is 1. The molecular weight excluding hydrogens is 214 g/mol. The van der Waals surface area contributed by atoms with Crippen molar-refractivity contribution in [3.8, 4) is 0 Å². The van der Waals surface area contributed by atoms with Crippen LogP contribution in [0.5, 0.6) is 0 Å². The predicted molar refractivity (Wildman–Crippen MR) is 69.9 cm³/mol. The molecule has 0 saturated carbocycles. The average Bonchev–Trinajstić information content (AvgIpc) is 2.32. The molecule has 92 valence electrons. The minimum atomic E-state index is 0.00444. The molecule has 1 aliphatic heterocycles. The van der Waals surface area contributed by atoms with Crippen LogP contribution in [-0.4, -0.2) is 23.9 Å². The lowest BCUT2D eigenvalue weighted by Gasteiger charge is -2.28. The third-order valence-corrected chi connectivity index (χ3v) is 3.08. The molecule has 0 bridgehead atoms. The van der Waals surface area contributed by atoms with E-state index < -0.39 is 0 Å². The first-order valence-electron chi connectivity index (χ1n) is 6.09. The van der Waals surface area contributed by atoms with Crippen LogP contribution in [0.15, 0.2) is 18.2 Å². The summed E-state index contributed by atoms with van der Waals surface area (Å²) in [6, 6.07) is 5.52. The summed E-state index contributed by atoms with van der Waals surface area (Å²) in [5, 5.41) is 2.19. The van der Waals surface area contributed by atoms with Crippen LogP contribution in [0.25, 0.3) is 0 Å². The monoisotopic (exact) mass is 233 g/mol. The van der Waals surface area contributed by atoms with Gasteiger partial charge in [0.2, 0.25) is 0 Å². The van der Waals surface area contributed by atoms with Crippen molar-refractivity contribution in [1.29, 1.82) is 0 Å². The van der Waals surface area contributed by atoms with Gasteiger partial charge in [-0.2, -0.15) is 0 Å². The normalized spacial score (nSPS) is 16.8. The highest BCUT2D eigenvalue weighted by molar-refractivity contribution is 5.99. The van der Waals surface area contributed by atoms with Crippen molar-refractivity contribution >= 4 is 17.2 Å². The first-order valence-corrected chi connectivity index (χ1v) is 6.09. The number of nitrogen functional groups attached to an aromatic ring is 1. The van der Waals surface area contributed by atoms with Gasteiger partial charge in [0.15, 0.2) is 5.78 Å². The molecule has 3 N–H and O–H groups in total. The minimum Gasteiger partial charge on any atom is -0.398 e. The molecule has 2 rings (SSSR count). The zero-order valence-electron chi connectivity index (χ0n) is 10.2. The van der Waals surface area contributed by atoms with Gasteiger partial charge in [-0.1, -0.05) is 6.42 Å². The van der Waals surface area contributed by atoms with E-state index in [-0.39, 0.29) is 5.78 Å². The summed E-state index contributed by atoms with van der Waals surface area (Å²) in [6.07, 6.45) is 3.75. The number of nitrogens with one attached hydrogen (secondary N) is 1. The van der Waals surface area contributed by atoms with E-state index in [2.05, 4.69) is 10.4 Å². The molecule has 0 radical (unpaired) electrons. The van der Waals surface area contributed by atoms with E-state index in [4.69, 9.17) is 5.73 Å². The molecule has 4 nitrogen and oxygen atoms in total. The van der Waals surface area contributed by atoms with Crippen LogP contribution in [0, 0.1) is 0 Å². The minimum absolute atomic E-state index is 0.00444. The highest BCUT2D eigenvalue weighted by Crippen LogP contribution is 2.20. The van der Waals surface area contributed by atoms with Crippen molar-refractivity contribution in [1.82, 2.24) is 5.01 Å². The second kappa shape index (κ2) is 5.19. The van der Waals surface area contributed by atoms with Crippen LogP contribution in [0.1, 0.15) is 36.5 Å². The van der Waals surface area contributed by atoms with E-state index in [9.17, 15) is 4.79 Å². The van der Waals surface area contributed by atoms with Gasteiger partial charge in [0.1, 0.15) is 0 Å². The van der Waals surface area contributed by atoms with Crippen molar-refractivity contribution in [2.75, 3.05) is 24.2 Å². The summed E-state index contributed by atoms with van der Waals surface area (Å²) >= 11 is 0. The van der Waals surface area contributed by atoms with E-state index in [1.54, 1.807) is 6.07 Å². The van der Waals surface area contributed by atoms with Crippen molar-refractivity contribution < 1.29 is 4.79 Å². The van der Waals surface area contributed by atoms with Gasteiger partial charge < -0.3 is 11.2 Å². The maximum Gasteiger partial charge on any atom is 0.161 e. The number of nitrogens with zero attached hydrogens (tertiary/aromatic N) is 1. The van der Waals surface area contributed by atoms with Crippen LogP contribution in [-0.2, 0) is 0 Å². The number of hydrogen-bond donors (Lipinski definition) is 2. The Kier molecular flexibility index (Phi) is 3.64. The largest absolute Gasteiger partial charge is 0.398 e. The number of carbonyl (C=O) groups is 1. The fourth-order valence-corrected chi connectivity index (χ4v) is 2.12.